The molecule has 2 heterocycles. The molecular weight excluding hydrogens is 328 g/mol. The van der Waals surface area contributed by atoms with Crippen LogP contribution in [0.1, 0.15) is 11.1 Å². The van der Waals surface area contributed by atoms with Crippen LogP contribution in [-0.4, -0.2) is 40.9 Å². The molecule has 1 N–H and O–H groups in total. The third kappa shape index (κ3) is 4.44. The van der Waals surface area contributed by atoms with Gasteiger partial charge in [-0.25, -0.2) is 0 Å². The van der Waals surface area contributed by atoms with Crippen molar-refractivity contribution in [2.45, 2.75) is 13.3 Å². The van der Waals surface area contributed by atoms with Crippen molar-refractivity contribution in [2.24, 2.45) is 0 Å². The average Bonchev–Trinajstić information content (AvgIpc) is 2.67. The van der Waals surface area contributed by atoms with Crippen LogP contribution in [0.25, 0.3) is 0 Å². The third-order valence-corrected chi connectivity index (χ3v) is 3.99. The smallest absolute Gasteiger partial charge is 0.247 e. The second-order valence-electron chi connectivity index (χ2n) is 6.00. The van der Waals surface area contributed by atoms with Crippen molar-refractivity contribution in [1.29, 1.82) is 0 Å². The zero-order valence-corrected chi connectivity index (χ0v) is 15.2. The molecule has 0 aliphatic rings. The minimum atomic E-state index is 0.565. The van der Waals surface area contributed by atoms with Crippen molar-refractivity contribution in [3.05, 3.63) is 60.0 Å². The minimum Gasteiger partial charge on any atom is -0.495 e. The monoisotopic (exact) mass is 350 g/mol. The highest BCUT2D eigenvalue weighted by Gasteiger charge is 2.09. The van der Waals surface area contributed by atoms with Gasteiger partial charge in [-0.1, -0.05) is 6.07 Å². The van der Waals surface area contributed by atoms with E-state index < -0.39 is 0 Å². The summed E-state index contributed by atoms with van der Waals surface area (Å²) in [5, 5.41) is 11.5. The van der Waals surface area contributed by atoms with Gasteiger partial charge in [0, 0.05) is 26.0 Å². The predicted octanol–water partition coefficient (Wildman–Crippen LogP) is 3.01. The third-order valence-electron chi connectivity index (χ3n) is 3.99. The Hall–Kier alpha value is -3.22. The molecule has 7 heteroatoms. The standard InChI is InChI=1S/C19H22N6O/c1-14-4-5-17(26-3)16(12-14)22-18-13-21-24-19(23-18)25(2)11-8-15-6-9-20-10-7-15/h4-7,9-10,12-13H,8,11H2,1-3H3,(H,22,23,24). The van der Waals surface area contributed by atoms with Gasteiger partial charge in [-0.15, -0.1) is 5.10 Å². The number of rotatable bonds is 7. The first kappa shape index (κ1) is 17.6. The molecule has 2 aromatic heterocycles. The van der Waals surface area contributed by atoms with Crippen LogP contribution in [0.15, 0.2) is 48.9 Å². The highest BCUT2D eigenvalue weighted by Crippen LogP contribution is 2.27. The molecule has 0 aliphatic carbocycles. The van der Waals surface area contributed by atoms with E-state index in [1.54, 1.807) is 25.7 Å². The van der Waals surface area contributed by atoms with Crippen molar-refractivity contribution >= 4 is 17.5 Å². The van der Waals surface area contributed by atoms with Gasteiger partial charge >= 0.3 is 0 Å². The molecule has 0 aliphatic heterocycles. The maximum absolute atomic E-state index is 5.40. The molecule has 0 spiro atoms. The Labute approximate surface area is 153 Å². The lowest BCUT2D eigenvalue weighted by Crippen LogP contribution is -2.23. The Bertz CT molecular complexity index is 856. The second-order valence-corrected chi connectivity index (χ2v) is 6.00. The fourth-order valence-electron chi connectivity index (χ4n) is 2.52. The van der Waals surface area contributed by atoms with Crippen molar-refractivity contribution in [2.75, 3.05) is 30.9 Å². The van der Waals surface area contributed by atoms with Gasteiger partial charge in [-0.2, -0.15) is 10.1 Å². The number of hydrogen-bond donors (Lipinski definition) is 1. The molecule has 1 aromatic carbocycles. The molecular formula is C19H22N6O. The van der Waals surface area contributed by atoms with E-state index in [2.05, 4.69) is 25.5 Å². The Morgan fingerprint density at radius 3 is 2.73 bits per heavy atom. The molecule has 3 rings (SSSR count). The molecule has 0 saturated carbocycles. The maximum Gasteiger partial charge on any atom is 0.247 e. The Kier molecular flexibility index (Phi) is 5.58. The number of nitrogens with zero attached hydrogens (tertiary/aromatic N) is 5. The number of likely N-dealkylation sites (N-methyl/N-ethyl adjacent to an activating group) is 1. The van der Waals surface area contributed by atoms with Crippen molar-refractivity contribution in [1.82, 2.24) is 20.2 Å². The summed E-state index contributed by atoms with van der Waals surface area (Å²) >= 11 is 0. The maximum atomic E-state index is 5.40. The second kappa shape index (κ2) is 8.24. The predicted molar refractivity (Wildman–Crippen MR) is 102 cm³/mol. The summed E-state index contributed by atoms with van der Waals surface area (Å²) in [7, 11) is 3.60. The fraction of sp³-hybridized carbons (Fsp3) is 0.263. The molecule has 0 unspecified atom stereocenters. The van der Waals surface area contributed by atoms with Crippen LogP contribution in [0, 0.1) is 6.92 Å². The number of aromatic nitrogens is 4. The van der Waals surface area contributed by atoms with E-state index >= 15 is 0 Å². The van der Waals surface area contributed by atoms with Gasteiger partial charge in [-0.05, 0) is 48.7 Å². The Morgan fingerprint density at radius 1 is 1.15 bits per heavy atom. The molecule has 0 atom stereocenters. The number of benzene rings is 1. The lowest BCUT2D eigenvalue weighted by molar-refractivity contribution is 0.416. The van der Waals surface area contributed by atoms with Crippen LogP contribution >= 0.6 is 0 Å². The van der Waals surface area contributed by atoms with Gasteiger partial charge in [0.15, 0.2) is 5.82 Å². The minimum absolute atomic E-state index is 0.565. The van der Waals surface area contributed by atoms with Crippen LogP contribution < -0.4 is 15.0 Å². The van der Waals surface area contributed by atoms with Crippen molar-refractivity contribution < 1.29 is 4.74 Å². The van der Waals surface area contributed by atoms with Gasteiger partial charge in [-0.3, -0.25) is 4.98 Å². The van der Waals surface area contributed by atoms with Gasteiger partial charge in [0.05, 0.1) is 19.0 Å². The summed E-state index contributed by atoms with van der Waals surface area (Å²) in [6, 6.07) is 9.95. The van der Waals surface area contributed by atoms with E-state index in [-0.39, 0.29) is 0 Å². The number of pyridine rings is 1. The first-order valence-electron chi connectivity index (χ1n) is 8.37. The zero-order valence-electron chi connectivity index (χ0n) is 15.2. The van der Waals surface area contributed by atoms with Gasteiger partial charge in [0.1, 0.15) is 5.75 Å². The summed E-state index contributed by atoms with van der Waals surface area (Å²) < 4.78 is 5.40. The van der Waals surface area contributed by atoms with Crippen LogP contribution in [0.2, 0.25) is 0 Å². The SMILES string of the molecule is COc1ccc(C)cc1Nc1cnnc(N(C)CCc2ccncc2)n1. The molecule has 0 radical (unpaired) electrons. The first-order valence-corrected chi connectivity index (χ1v) is 8.37. The Morgan fingerprint density at radius 2 is 1.96 bits per heavy atom. The summed E-state index contributed by atoms with van der Waals surface area (Å²) in [6.45, 7) is 2.81. The number of hydrogen-bond acceptors (Lipinski definition) is 7. The van der Waals surface area contributed by atoms with E-state index in [4.69, 9.17) is 4.74 Å². The van der Waals surface area contributed by atoms with Crippen molar-refractivity contribution in [3.8, 4) is 5.75 Å². The molecule has 134 valence electrons. The average molecular weight is 350 g/mol. The molecule has 0 saturated heterocycles. The number of nitrogens with one attached hydrogen (secondary N) is 1. The van der Waals surface area contributed by atoms with Crippen LogP contribution in [0.4, 0.5) is 17.5 Å². The van der Waals surface area contributed by atoms with Crippen LogP contribution in [-0.2, 0) is 6.42 Å². The summed E-state index contributed by atoms with van der Waals surface area (Å²) in [4.78, 5) is 10.6. The van der Waals surface area contributed by atoms with Gasteiger partial charge in [0.25, 0.3) is 0 Å². The first-order chi connectivity index (χ1) is 12.7. The highest BCUT2D eigenvalue weighted by molar-refractivity contribution is 5.65. The van der Waals surface area contributed by atoms with Crippen molar-refractivity contribution in [3.63, 3.8) is 0 Å². The number of ether oxygens (including phenoxy) is 1. The number of methoxy groups -OCH3 is 1. The molecule has 0 fully saturated rings. The highest BCUT2D eigenvalue weighted by atomic mass is 16.5. The van der Waals surface area contributed by atoms with Crippen LogP contribution in [0.5, 0.6) is 5.75 Å². The quantitative estimate of drug-likeness (QED) is 0.702. The van der Waals surface area contributed by atoms with E-state index in [9.17, 15) is 0 Å². The molecule has 0 bridgehead atoms. The number of anilines is 3. The lowest BCUT2D eigenvalue weighted by atomic mass is 10.2. The van der Waals surface area contributed by atoms with Gasteiger partial charge in [0.2, 0.25) is 5.95 Å². The van der Waals surface area contributed by atoms with E-state index in [1.807, 2.05) is 49.2 Å². The van der Waals surface area contributed by atoms with E-state index in [0.29, 0.717) is 11.8 Å². The van der Waals surface area contributed by atoms with E-state index in [0.717, 1.165) is 30.0 Å². The van der Waals surface area contributed by atoms with Crippen LogP contribution in [0.3, 0.4) is 0 Å². The molecule has 3 aromatic rings. The largest absolute Gasteiger partial charge is 0.495 e. The summed E-state index contributed by atoms with van der Waals surface area (Å²) in [5.41, 5.74) is 3.20. The van der Waals surface area contributed by atoms with Gasteiger partial charge < -0.3 is 15.0 Å². The molecule has 7 nitrogen and oxygen atoms in total. The Balaban J connectivity index is 1.71. The molecule has 0 amide bonds. The summed E-state index contributed by atoms with van der Waals surface area (Å²) in [5.74, 6) is 1.94. The topological polar surface area (TPSA) is 76.1 Å². The fourth-order valence-corrected chi connectivity index (χ4v) is 2.52. The van der Waals surface area contributed by atoms with E-state index in [1.165, 1.54) is 5.56 Å². The lowest BCUT2D eigenvalue weighted by Gasteiger charge is -2.17. The molecule has 26 heavy (non-hydrogen) atoms. The normalized spacial score (nSPS) is 10.4. The number of aryl methyl sites for hydroxylation is 1. The summed E-state index contributed by atoms with van der Waals surface area (Å²) in [6.07, 6.45) is 6.08. The zero-order chi connectivity index (χ0) is 18.4.